The molecular formula is C15H19N3O2. The molecule has 0 bridgehead atoms. The molecule has 3 atom stereocenters. The van der Waals surface area contributed by atoms with Gasteiger partial charge in [0.25, 0.3) is 0 Å². The van der Waals surface area contributed by atoms with E-state index in [-0.39, 0.29) is 24.6 Å². The Bertz CT molecular complexity index is 498. The predicted molar refractivity (Wildman–Crippen MR) is 75.0 cm³/mol. The lowest BCUT2D eigenvalue weighted by Crippen LogP contribution is -2.67. The van der Waals surface area contributed by atoms with Gasteiger partial charge < -0.3 is 15.3 Å². The van der Waals surface area contributed by atoms with Crippen LogP contribution in [0, 0.1) is 11.3 Å². The molecule has 5 heteroatoms. The zero-order chi connectivity index (χ0) is 14.5. The summed E-state index contributed by atoms with van der Waals surface area (Å²) in [7, 11) is 0. The second-order valence-electron chi connectivity index (χ2n) is 4.90. The van der Waals surface area contributed by atoms with Gasteiger partial charge in [-0.2, -0.15) is 5.26 Å². The first kappa shape index (κ1) is 14.4. The summed E-state index contributed by atoms with van der Waals surface area (Å²) in [5, 5.41) is 21.6. The van der Waals surface area contributed by atoms with Gasteiger partial charge in [-0.05, 0) is 12.0 Å². The first-order valence-corrected chi connectivity index (χ1v) is 6.86. The van der Waals surface area contributed by atoms with Gasteiger partial charge in [-0.1, -0.05) is 37.3 Å². The van der Waals surface area contributed by atoms with Crippen LogP contribution in [-0.2, 0) is 0 Å². The number of aliphatic hydroxyl groups excluding tert-OH is 1. The van der Waals surface area contributed by atoms with E-state index in [1.807, 2.05) is 37.3 Å². The fourth-order valence-electron chi connectivity index (χ4n) is 2.69. The molecule has 20 heavy (non-hydrogen) atoms. The zero-order valence-electron chi connectivity index (χ0n) is 11.5. The lowest BCUT2D eigenvalue weighted by Gasteiger charge is -2.51. The topological polar surface area (TPSA) is 76.4 Å². The van der Waals surface area contributed by atoms with Gasteiger partial charge in [0.1, 0.15) is 6.04 Å². The maximum atomic E-state index is 12.1. The first-order chi connectivity index (χ1) is 9.74. The highest BCUT2D eigenvalue weighted by Gasteiger charge is 2.51. The van der Waals surface area contributed by atoms with Crippen molar-refractivity contribution < 1.29 is 9.90 Å². The van der Waals surface area contributed by atoms with Crippen molar-refractivity contribution in [2.45, 2.75) is 31.3 Å². The summed E-state index contributed by atoms with van der Waals surface area (Å²) in [5.74, 6) is -0.126. The molecule has 2 rings (SSSR count). The van der Waals surface area contributed by atoms with Crippen LogP contribution in [-0.4, -0.2) is 41.3 Å². The second kappa shape index (κ2) is 6.40. The fraction of sp³-hybridized carbons (Fsp3) is 0.467. The molecule has 1 fully saturated rings. The highest BCUT2D eigenvalue weighted by Crippen LogP contribution is 2.40. The normalized spacial score (nSPS) is 24.6. The van der Waals surface area contributed by atoms with Gasteiger partial charge in [0, 0.05) is 12.5 Å². The van der Waals surface area contributed by atoms with Crippen molar-refractivity contribution in [3.63, 3.8) is 0 Å². The van der Waals surface area contributed by atoms with Gasteiger partial charge in [0.2, 0.25) is 0 Å². The third-order valence-corrected chi connectivity index (χ3v) is 3.68. The van der Waals surface area contributed by atoms with E-state index < -0.39 is 6.04 Å². The summed E-state index contributed by atoms with van der Waals surface area (Å²) in [6, 6.07) is 10.6. The molecule has 2 N–H and O–H groups in total. The molecule has 1 aromatic rings. The summed E-state index contributed by atoms with van der Waals surface area (Å²) in [4.78, 5) is 13.5. The van der Waals surface area contributed by atoms with Crippen LogP contribution in [0.5, 0.6) is 0 Å². The number of carbonyl (C=O) groups is 1. The van der Waals surface area contributed by atoms with Crippen LogP contribution >= 0.6 is 0 Å². The number of carbonyl (C=O) groups excluding carboxylic acids is 1. The maximum absolute atomic E-state index is 12.1. The molecule has 2 amide bonds. The summed E-state index contributed by atoms with van der Waals surface area (Å²) in [6.07, 6.45) is 0.836. The number of benzene rings is 1. The van der Waals surface area contributed by atoms with Gasteiger partial charge >= 0.3 is 6.03 Å². The van der Waals surface area contributed by atoms with Crippen LogP contribution in [0.2, 0.25) is 0 Å². The maximum Gasteiger partial charge on any atom is 0.318 e. The van der Waals surface area contributed by atoms with E-state index in [9.17, 15) is 15.2 Å². The molecular weight excluding hydrogens is 254 g/mol. The largest absolute Gasteiger partial charge is 0.394 e. The third kappa shape index (κ3) is 2.47. The Hall–Kier alpha value is -2.06. The Kier molecular flexibility index (Phi) is 4.59. The number of amides is 2. The number of hydrogen-bond donors (Lipinski definition) is 2. The minimum atomic E-state index is -0.522. The Morgan fingerprint density at radius 2 is 2.15 bits per heavy atom. The van der Waals surface area contributed by atoms with Crippen LogP contribution < -0.4 is 5.32 Å². The molecule has 5 nitrogen and oxygen atoms in total. The van der Waals surface area contributed by atoms with Crippen LogP contribution in [0.3, 0.4) is 0 Å². The van der Waals surface area contributed by atoms with Crippen LogP contribution in [0.15, 0.2) is 30.3 Å². The summed E-state index contributed by atoms with van der Waals surface area (Å²) < 4.78 is 0. The van der Waals surface area contributed by atoms with E-state index in [2.05, 4.69) is 11.4 Å². The number of hydrogen-bond acceptors (Lipinski definition) is 3. The lowest BCUT2D eigenvalue weighted by atomic mass is 9.76. The molecule has 0 radical (unpaired) electrons. The van der Waals surface area contributed by atoms with Gasteiger partial charge in [0.05, 0.1) is 18.7 Å². The van der Waals surface area contributed by atoms with E-state index >= 15 is 0 Å². The SMILES string of the molecule is CCCNC(=O)N1[C@H](CO)[C@@H](c2ccccc2)[C@@H]1C#N. The monoisotopic (exact) mass is 273 g/mol. The molecule has 106 valence electrons. The average Bonchev–Trinajstić information content (AvgIpc) is 2.46. The average molecular weight is 273 g/mol. The summed E-state index contributed by atoms with van der Waals surface area (Å²) >= 11 is 0. The smallest absolute Gasteiger partial charge is 0.318 e. The van der Waals surface area contributed by atoms with Crippen molar-refractivity contribution in [3.8, 4) is 6.07 Å². The molecule has 0 unspecified atom stereocenters. The molecule has 1 heterocycles. The molecule has 0 saturated carbocycles. The predicted octanol–water partition coefficient (Wildman–Crippen LogP) is 1.46. The minimum absolute atomic E-state index is 0.126. The Morgan fingerprint density at radius 3 is 2.70 bits per heavy atom. The van der Waals surface area contributed by atoms with Crippen molar-refractivity contribution in [2.75, 3.05) is 13.2 Å². The molecule has 1 aromatic carbocycles. The summed E-state index contributed by atoms with van der Waals surface area (Å²) in [6.45, 7) is 2.40. The Labute approximate surface area is 118 Å². The minimum Gasteiger partial charge on any atom is -0.394 e. The lowest BCUT2D eigenvalue weighted by molar-refractivity contribution is 0.0169. The van der Waals surface area contributed by atoms with Crippen molar-refractivity contribution in [1.29, 1.82) is 5.26 Å². The number of rotatable bonds is 4. The van der Waals surface area contributed by atoms with Crippen LogP contribution in [0.1, 0.15) is 24.8 Å². The molecule has 0 spiro atoms. The summed E-state index contributed by atoms with van der Waals surface area (Å²) in [5.41, 5.74) is 0.984. The first-order valence-electron chi connectivity index (χ1n) is 6.86. The molecule has 0 aliphatic carbocycles. The van der Waals surface area contributed by atoms with Crippen molar-refractivity contribution in [3.05, 3.63) is 35.9 Å². The number of nitriles is 1. The van der Waals surface area contributed by atoms with E-state index in [1.165, 1.54) is 4.90 Å². The molecule has 1 saturated heterocycles. The van der Waals surface area contributed by atoms with E-state index in [0.29, 0.717) is 6.54 Å². The van der Waals surface area contributed by atoms with Crippen molar-refractivity contribution in [2.24, 2.45) is 0 Å². The second-order valence-corrected chi connectivity index (χ2v) is 4.90. The Morgan fingerprint density at radius 1 is 1.45 bits per heavy atom. The van der Waals surface area contributed by atoms with E-state index in [4.69, 9.17) is 0 Å². The fourth-order valence-corrected chi connectivity index (χ4v) is 2.69. The standard InChI is InChI=1S/C15H19N3O2/c1-2-8-17-15(20)18-12(9-16)14(13(18)10-19)11-6-4-3-5-7-11/h3-7,12-14,19H,2,8,10H2,1H3,(H,17,20)/t12-,13+,14-/m0/s1. The van der Waals surface area contributed by atoms with E-state index in [1.54, 1.807) is 0 Å². The zero-order valence-corrected chi connectivity index (χ0v) is 11.5. The number of urea groups is 1. The number of aliphatic hydroxyl groups is 1. The highest BCUT2D eigenvalue weighted by atomic mass is 16.3. The quantitative estimate of drug-likeness (QED) is 0.872. The van der Waals surface area contributed by atoms with Crippen LogP contribution in [0.4, 0.5) is 4.79 Å². The van der Waals surface area contributed by atoms with Crippen LogP contribution in [0.25, 0.3) is 0 Å². The van der Waals surface area contributed by atoms with Crippen molar-refractivity contribution in [1.82, 2.24) is 10.2 Å². The Balaban J connectivity index is 2.17. The third-order valence-electron chi connectivity index (χ3n) is 3.68. The number of likely N-dealkylation sites (tertiary alicyclic amines) is 1. The van der Waals surface area contributed by atoms with E-state index in [0.717, 1.165) is 12.0 Å². The molecule has 0 aromatic heterocycles. The number of nitrogens with zero attached hydrogens (tertiary/aromatic N) is 2. The highest BCUT2D eigenvalue weighted by molar-refractivity contribution is 5.77. The van der Waals surface area contributed by atoms with Gasteiger partial charge in [-0.15, -0.1) is 0 Å². The molecule has 1 aliphatic heterocycles. The number of nitrogens with one attached hydrogen (secondary N) is 1. The van der Waals surface area contributed by atoms with Gasteiger partial charge in [-0.25, -0.2) is 4.79 Å². The van der Waals surface area contributed by atoms with Gasteiger partial charge in [-0.3, -0.25) is 0 Å². The molecule has 1 aliphatic rings. The van der Waals surface area contributed by atoms with Crippen molar-refractivity contribution >= 4 is 6.03 Å². The van der Waals surface area contributed by atoms with Gasteiger partial charge in [0.15, 0.2) is 0 Å².